The summed E-state index contributed by atoms with van der Waals surface area (Å²) in [5, 5.41) is 9.78. The Morgan fingerprint density at radius 2 is 1.72 bits per heavy atom. The number of hydrogen-bond donors (Lipinski definition) is 1. The lowest BCUT2D eigenvalue weighted by atomic mass is 10.0. The van der Waals surface area contributed by atoms with Crippen molar-refractivity contribution in [3.8, 4) is 0 Å². The van der Waals surface area contributed by atoms with Gasteiger partial charge in [0.05, 0.1) is 5.02 Å². The monoisotopic (exact) mass is 272 g/mol. The molecular formula is C13H8ClF3O. The molecule has 0 aliphatic rings. The Balaban J connectivity index is 2.44. The zero-order chi connectivity index (χ0) is 13.3. The smallest absolute Gasteiger partial charge is 0.159 e. The number of aliphatic hydroxyl groups excluding tert-OH is 1. The van der Waals surface area contributed by atoms with Gasteiger partial charge in [0, 0.05) is 5.56 Å². The van der Waals surface area contributed by atoms with E-state index in [9.17, 15) is 18.3 Å². The fourth-order valence-electron chi connectivity index (χ4n) is 1.59. The maximum absolute atomic E-state index is 13.7. The van der Waals surface area contributed by atoms with E-state index in [1.807, 2.05) is 0 Å². The van der Waals surface area contributed by atoms with E-state index in [4.69, 9.17) is 11.6 Å². The van der Waals surface area contributed by atoms with Crippen molar-refractivity contribution in [1.29, 1.82) is 0 Å². The summed E-state index contributed by atoms with van der Waals surface area (Å²) in [7, 11) is 0. The molecule has 0 aliphatic carbocycles. The molecule has 18 heavy (non-hydrogen) atoms. The zero-order valence-electron chi connectivity index (χ0n) is 9.00. The van der Waals surface area contributed by atoms with Gasteiger partial charge < -0.3 is 5.11 Å². The molecule has 2 aromatic rings. The van der Waals surface area contributed by atoms with Gasteiger partial charge in [0.1, 0.15) is 11.9 Å². The minimum atomic E-state index is -1.40. The van der Waals surface area contributed by atoms with Gasteiger partial charge in [-0.25, -0.2) is 13.2 Å². The fraction of sp³-hybridized carbons (Fsp3) is 0.0769. The molecule has 94 valence electrons. The van der Waals surface area contributed by atoms with Crippen LogP contribution in [-0.4, -0.2) is 5.11 Å². The minimum absolute atomic E-state index is 0.0510. The van der Waals surface area contributed by atoms with Gasteiger partial charge in [0.15, 0.2) is 11.6 Å². The second-order valence-electron chi connectivity index (χ2n) is 3.72. The molecular weight excluding hydrogens is 265 g/mol. The van der Waals surface area contributed by atoms with Crippen LogP contribution in [0.4, 0.5) is 13.2 Å². The molecule has 0 radical (unpaired) electrons. The van der Waals surface area contributed by atoms with Gasteiger partial charge in [-0.15, -0.1) is 0 Å². The van der Waals surface area contributed by atoms with E-state index >= 15 is 0 Å². The summed E-state index contributed by atoms with van der Waals surface area (Å²) in [4.78, 5) is 0. The SMILES string of the molecule is OC(c1ccc(F)c(F)c1)c1cccc(Cl)c1F. The topological polar surface area (TPSA) is 20.2 Å². The first-order valence-electron chi connectivity index (χ1n) is 5.07. The molecule has 1 unspecified atom stereocenters. The average molecular weight is 273 g/mol. The van der Waals surface area contributed by atoms with Crippen molar-refractivity contribution in [2.75, 3.05) is 0 Å². The Kier molecular flexibility index (Phi) is 3.59. The van der Waals surface area contributed by atoms with Crippen LogP contribution in [0.25, 0.3) is 0 Å². The maximum Gasteiger partial charge on any atom is 0.159 e. The molecule has 0 saturated heterocycles. The van der Waals surface area contributed by atoms with Gasteiger partial charge in [0.25, 0.3) is 0 Å². The van der Waals surface area contributed by atoms with Gasteiger partial charge in [-0.2, -0.15) is 0 Å². The predicted molar refractivity (Wildman–Crippen MR) is 61.8 cm³/mol. The van der Waals surface area contributed by atoms with Crippen LogP contribution in [0.15, 0.2) is 36.4 Å². The van der Waals surface area contributed by atoms with E-state index in [0.29, 0.717) is 0 Å². The standard InChI is InChI=1S/C13H8ClF3O/c14-9-3-1-2-8(12(9)17)13(18)7-4-5-10(15)11(16)6-7/h1-6,13,18H. The van der Waals surface area contributed by atoms with Crippen molar-refractivity contribution < 1.29 is 18.3 Å². The van der Waals surface area contributed by atoms with Crippen molar-refractivity contribution in [3.63, 3.8) is 0 Å². The molecule has 0 bridgehead atoms. The summed E-state index contributed by atoms with van der Waals surface area (Å²) in [6, 6.07) is 7.00. The van der Waals surface area contributed by atoms with Crippen molar-refractivity contribution >= 4 is 11.6 Å². The normalized spacial score (nSPS) is 12.5. The Bertz CT molecular complexity index is 586. The third-order valence-corrected chi connectivity index (χ3v) is 2.83. The second kappa shape index (κ2) is 5.00. The van der Waals surface area contributed by atoms with Crippen LogP contribution >= 0.6 is 11.6 Å². The number of rotatable bonds is 2. The van der Waals surface area contributed by atoms with Crippen molar-refractivity contribution in [1.82, 2.24) is 0 Å². The largest absolute Gasteiger partial charge is 0.384 e. The summed E-state index contributed by atoms with van der Waals surface area (Å²) < 4.78 is 39.4. The van der Waals surface area contributed by atoms with E-state index in [-0.39, 0.29) is 16.1 Å². The molecule has 0 amide bonds. The molecule has 1 atom stereocenters. The second-order valence-corrected chi connectivity index (χ2v) is 4.13. The van der Waals surface area contributed by atoms with Crippen molar-refractivity contribution in [2.45, 2.75) is 6.10 Å². The summed E-state index contributed by atoms with van der Waals surface area (Å²) >= 11 is 5.58. The highest BCUT2D eigenvalue weighted by Crippen LogP contribution is 2.28. The third-order valence-electron chi connectivity index (χ3n) is 2.54. The van der Waals surface area contributed by atoms with E-state index in [2.05, 4.69) is 0 Å². The summed E-state index contributed by atoms with van der Waals surface area (Å²) in [6.45, 7) is 0. The molecule has 0 spiro atoms. The lowest BCUT2D eigenvalue weighted by molar-refractivity contribution is 0.214. The van der Waals surface area contributed by atoms with Crippen LogP contribution < -0.4 is 0 Å². The van der Waals surface area contributed by atoms with Crippen molar-refractivity contribution in [2.24, 2.45) is 0 Å². The van der Waals surface area contributed by atoms with Gasteiger partial charge in [-0.05, 0) is 23.8 Å². The molecule has 1 nitrogen and oxygen atoms in total. The quantitative estimate of drug-likeness (QED) is 0.881. The number of hydrogen-bond acceptors (Lipinski definition) is 1. The molecule has 5 heteroatoms. The Hall–Kier alpha value is -1.52. The highest BCUT2D eigenvalue weighted by molar-refractivity contribution is 6.30. The van der Waals surface area contributed by atoms with Crippen LogP contribution in [0.1, 0.15) is 17.2 Å². The summed E-state index contributed by atoms with van der Waals surface area (Å²) in [5.41, 5.74) is -0.0384. The Morgan fingerprint density at radius 3 is 2.39 bits per heavy atom. The molecule has 0 aliphatic heterocycles. The van der Waals surface area contributed by atoms with Gasteiger partial charge in [-0.1, -0.05) is 29.8 Å². The Labute approximate surface area is 106 Å². The lowest BCUT2D eigenvalue weighted by Crippen LogP contribution is -2.04. The van der Waals surface area contributed by atoms with Crippen LogP contribution in [0, 0.1) is 17.5 Å². The van der Waals surface area contributed by atoms with Crippen LogP contribution in [0.5, 0.6) is 0 Å². The predicted octanol–water partition coefficient (Wildman–Crippen LogP) is 3.84. The molecule has 1 N–H and O–H groups in total. The van der Waals surface area contributed by atoms with E-state index < -0.39 is 23.6 Å². The van der Waals surface area contributed by atoms with Crippen molar-refractivity contribution in [3.05, 3.63) is 70.0 Å². The van der Waals surface area contributed by atoms with E-state index in [0.717, 1.165) is 12.1 Å². The summed E-state index contributed by atoms with van der Waals surface area (Å²) in [6.07, 6.45) is -1.40. The number of benzene rings is 2. The molecule has 2 aromatic carbocycles. The van der Waals surface area contributed by atoms with Gasteiger partial charge >= 0.3 is 0 Å². The molecule has 0 saturated carbocycles. The lowest BCUT2D eigenvalue weighted by Gasteiger charge is -2.13. The Morgan fingerprint density at radius 1 is 1.00 bits per heavy atom. The van der Waals surface area contributed by atoms with Crippen LogP contribution in [0.3, 0.4) is 0 Å². The maximum atomic E-state index is 13.7. The average Bonchev–Trinajstić information content (AvgIpc) is 2.35. The van der Waals surface area contributed by atoms with E-state index in [1.165, 1.54) is 24.3 Å². The molecule has 0 aromatic heterocycles. The first-order chi connectivity index (χ1) is 8.50. The number of aliphatic hydroxyl groups is 1. The first kappa shape index (κ1) is 12.9. The van der Waals surface area contributed by atoms with Gasteiger partial charge in [-0.3, -0.25) is 0 Å². The van der Waals surface area contributed by atoms with Gasteiger partial charge in [0.2, 0.25) is 0 Å². The summed E-state index contributed by atoms with van der Waals surface area (Å²) in [5.74, 6) is -2.91. The first-order valence-corrected chi connectivity index (χ1v) is 5.45. The molecule has 0 fully saturated rings. The van der Waals surface area contributed by atoms with Crippen LogP contribution in [-0.2, 0) is 0 Å². The zero-order valence-corrected chi connectivity index (χ0v) is 9.76. The highest BCUT2D eigenvalue weighted by atomic mass is 35.5. The molecule has 2 rings (SSSR count). The highest BCUT2D eigenvalue weighted by Gasteiger charge is 2.18. The third kappa shape index (κ3) is 2.35. The minimum Gasteiger partial charge on any atom is -0.384 e. The molecule has 0 heterocycles. The fourth-order valence-corrected chi connectivity index (χ4v) is 1.78. The van der Waals surface area contributed by atoms with Crippen LogP contribution in [0.2, 0.25) is 5.02 Å². The number of halogens is 4. The van der Waals surface area contributed by atoms with E-state index in [1.54, 1.807) is 0 Å².